The van der Waals surface area contributed by atoms with Crippen molar-refractivity contribution in [2.75, 3.05) is 6.61 Å². The van der Waals surface area contributed by atoms with Gasteiger partial charge < -0.3 is 10.1 Å². The summed E-state index contributed by atoms with van der Waals surface area (Å²) >= 11 is 0. The Labute approximate surface area is 163 Å². The van der Waals surface area contributed by atoms with E-state index in [0.29, 0.717) is 11.3 Å². The lowest BCUT2D eigenvalue weighted by Crippen LogP contribution is -2.15. The molecule has 0 fully saturated rings. The second kappa shape index (κ2) is 7.53. The van der Waals surface area contributed by atoms with Crippen molar-refractivity contribution < 1.29 is 14.3 Å². The zero-order valence-electron chi connectivity index (χ0n) is 15.4. The van der Waals surface area contributed by atoms with Gasteiger partial charge in [0.05, 0.1) is 23.5 Å². The van der Waals surface area contributed by atoms with Crippen LogP contribution in [0, 0.1) is 0 Å². The van der Waals surface area contributed by atoms with E-state index in [1.165, 1.54) is 0 Å². The van der Waals surface area contributed by atoms with E-state index >= 15 is 0 Å². The summed E-state index contributed by atoms with van der Waals surface area (Å²) < 4.78 is 5.25. The summed E-state index contributed by atoms with van der Waals surface area (Å²) in [6.45, 7) is 1.99. The fourth-order valence-corrected chi connectivity index (χ4v) is 3.40. The number of esters is 1. The summed E-state index contributed by atoms with van der Waals surface area (Å²) in [6, 6.07) is 23.2. The number of carbonyl (C=O) groups excluding carboxylic acids is 2. The topological polar surface area (TPSA) is 55.4 Å². The van der Waals surface area contributed by atoms with Gasteiger partial charge in [-0.05, 0) is 34.9 Å². The largest absolute Gasteiger partial charge is 0.462 e. The van der Waals surface area contributed by atoms with Crippen LogP contribution in [0.1, 0.15) is 18.1 Å². The summed E-state index contributed by atoms with van der Waals surface area (Å²) in [5.41, 5.74) is 2.70. The van der Waals surface area contributed by atoms with Gasteiger partial charge in [-0.2, -0.15) is 0 Å². The van der Waals surface area contributed by atoms with E-state index in [1.54, 1.807) is 13.0 Å². The monoisotopic (exact) mass is 369 g/mol. The molecule has 1 aliphatic heterocycles. The Morgan fingerprint density at radius 1 is 0.964 bits per heavy atom. The quantitative estimate of drug-likeness (QED) is 0.550. The average Bonchev–Trinajstić information content (AvgIpc) is 3.05. The van der Waals surface area contributed by atoms with E-state index in [4.69, 9.17) is 4.74 Å². The number of benzene rings is 3. The molecule has 0 spiro atoms. The summed E-state index contributed by atoms with van der Waals surface area (Å²) in [7, 11) is 0. The van der Waals surface area contributed by atoms with E-state index in [2.05, 4.69) is 5.32 Å². The van der Waals surface area contributed by atoms with Crippen LogP contribution < -0.4 is 5.32 Å². The van der Waals surface area contributed by atoms with Crippen LogP contribution in [-0.2, 0) is 14.3 Å². The molecule has 4 heteroatoms. The Balaban J connectivity index is 1.91. The van der Waals surface area contributed by atoms with Crippen LogP contribution in [0.25, 0.3) is 22.5 Å². The maximum Gasteiger partial charge on any atom is 0.341 e. The minimum atomic E-state index is -0.508. The molecule has 0 radical (unpaired) electrons. The molecule has 3 aromatic rings. The van der Waals surface area contributed by atoms with Crippen molar-refractivity contribution in [1.29, 1.82) is 0 Å². The highest BCUT2D eigenvalue weighted by atomic mass is 16.5. The highest BCUT2D eigenvalue weighted by molar-refractivity contribution is 6.23. The molecular formula is C24H19NO3. The number of hydrogen-bond donors (Lipinski definition) is 1. The number of carbonyl (C=O) groups is 2. The molecule has 3 aromatic carbocycles. The molecule has 0 saturated carbocycles. The average molecular weight is 369 g/mol. The smallest absolute Gasteiger partial charge is 0.341 e. The Bertz CT molecular complexity index is 1120. The first kappa shape index (κ1) is 17.7. The SMILES string of the molecule is CCOC(=O)C1=C(c2ccccc2)NC(=O)/C1=C\c1cccc2ccccc12. The second-order valence-electron chi connectivity index (χ2n) is 6.42. The van der Waals surface area contributed by atoms with E-state index in [9.17, 15) is 9.59 Å². The summed E-state index contributed by atoms with van der Waals surface area (Å²) in [4.78, 5) is 25.5. The number of rotatable bonds is 4. The lowest BCUT2D eigenvalue weighted by Gasteiger charge is -2.07. The molecule has 1 amide bonds. The lowest BCUT2D eigenvalue weighted by molar-refractivity contribution is -0.138. The van der Waals surface area contributed by atoms with Crippen LogP contribution in [0.4, 0.5) is 0 Å². The van der Waals surface area contributed by atoms with Crippen LogP contribution in [-0.4, -0.2) is 18.5 Å². The van der Waals surface area contributed by atoms with Crippen molar-refractivity contribution >= 4 is 34.4 Å². The number of amides is 1. The molecule has 1 aliphatic rings. The maximum atomic E-state index is 12.8. The molecule has 28 heavy (non-hydrogen) atoms. The Morgan fingerprint density at radius 2 is 1.68 bits per heavy atom. The van der Waals surface area contributed by atoms with Crippen molar-refractivity contribution in [1.82, 2.24) is 5.32 Å². The molecular weight excluding hydrogens is 350 g/mol. The van der Waals surface area contributed by atoms with Gasteiger partial charge in [0.2, 0.25) is 0 Å². The highest BCUT2D eigenvalue weighted by Crippen LogP contribution is 2.32. The van der Waals surface area contributed by atoms with Crippen LogP contribution >= 0.6 is 0 Å². The molecule has 138 valence electrons. The molecule has 1 N–H and O–H groups in total. The second-order valence-corrected chi connectivity index (χ2v) is 6.42. The normalized spacial score (nSPS) is 15.2. The predicted octanol–water partition coefficient (Wildman–Crippen LogP) is 4.33. The molecule has 0 aromatic heterocycles. The fourth-order valence-electron chi connectivity index (χ4n) is 3.40. The summed E-state index contributed by atoms with van der Waals surface area (Å²) in [6.07, 6.45) is 1.76. The molecule has 4 rings (SSSR count). The van der Waals surface area contributed by atoms with Gasteiger partial charge in [0, 0.05) is 0 Å². The van der Waals surface area contributed by atoms with Gasteiger partial charge in [-0.15, -0.1) is 0 Å². The van der Waals surface area contributed by atoms with Gasteiger partial charge in [-0.1, -0.05) is 72.8 Å². The molecule has 0 bridgehead atoms. The Kier molecular flexibility index (Phi) is 4.77. The molecule has 0 saturated heterocycles. The highest BCUT2D eigenvalue weighted by Gasteiger charge is 2.33. The van der Waals surface area contributed by atoms with Crippen LogP contribution in [0.2, 0.25) is 0 Å². The molecule has 0 unspecified atom stereocenters. The number of fused-ring (bicyclic) bond motifs is 1. The third kappa shape index (κ3) is 3.21. The van der Waals surface area contributed by atoms with Crippen molar-refractivity contribution in [2.45, 2.75) is 6.92 Å². The third-order valence-corrected chi connectivity index (χ3v) is 4.67. The van der Waals surface area contributed by atoms with Crippen molar-refractivity contribution in [2.24, 2.45) is 0 Å². The predicted molar refractivity (Wildman–Crippen MR) is 110 cm³/mol. The standard InChI is InChI=1S/C24H19NO3/c1-2-28-24(27)21-20(23(26)25-22(21)17-10-4-3-5-11-17)15-18-13-8-12-16-9-6-7-14-19(16)18/h3-15H,2H2,1H3,(H,25,26)/b20-15-. The minimum absolute atomic E-state index is 0.236. The third-order valence-electron chi connectivity index (χ3n) is 4.67. The van der Waals surface area contributed by atoms with Crippen molar-refractivity contribution in [3.05, 3.63) is 95.1 Å². The maximum absolute atomic E-state index is 12.8. The van der Waals surface area contributed by atoms with Crippen LogP contribution in [0.3, 0.4) is 0 Å². The van der Waals surface area contributed by atoms with E-state index < -0.39 is 5.97 Å². The van der Waals surface area contributed by atoms with Gasteiger partial charge in [-0.25, -0.2) is 4.79 Å². The first-order chi connectivity index (χ1) is 13.7. The number of hydrogen-bond acceptors (Lipinski definition) is 3. The Hall–Kier alpha value is -3.66. The molecule has 0 aliphatic carbocycles. The first-order valence-corrected chi connectivity index (χ1v) is 9.17. The zero-order chi connectivity index (χ0) is 19.5. The van der Waals surface area contributed by atoms with Gasteiger partial charge in [0.1, 0.15) is 0 Å². The van der Waals surface area contributed by atoms with E-state index in [0.717, 1.165) is 21.9 Å². The van der Waals surface area contributed by atoms with Crippen LogP contribution in [0.5, 0.6) is 0 Å². The molecule has 1 heterocycles. The van der Waals surface area contributed by atoms with Gasteiger partial charge in [0.25, 0.3) is 5.91 Å². The zero-order valence-corrected chi connectivity index (χ0v) is 15.4. The van der Waals surface area contributed by atoms with Gasteiger partial charge in [0.15, 0.2) is 0 Å². The van der Waals surface area contributed by atoms with Crippen molar-refractivity contribution in [3.8, 4) is 0 Å². The summed E-state index contributed by atoms with van der Waals surface area (Å²) in [5, 5.41) is 4.93. The number of ether oxygens (including phenoxy) is 1. The van der Waals surface area contributed by atoms with E-state index in [1.807, 2.05) is 72.8 Å². The Morgan fingerprint density at radius 3 is 2.46 bits per heavy atom. The molecule has 0 atom stereocenters. The van der Waals surface area contributed by atoms with Crippen LogP contribution in [0.15, 0.2) is 83.9 Å². The van der Waals surface area contributed by atoms with E-state index in [-0.39, 0.29) is 18.1 Å². The van der Waals surface area contributed by atoms with Gasteiger partial charge >= 0.3 is 5.97 Å². The fraction of sp³-hybridized carbons (Fsp3) is 0.0833. The lowest BCUT2D eigenvalue weighted by atomic mass is 9.98. The van der Waals surface area contributed by atoms with Gasteiger partial charge in [-0.3, -0.25) is 4.79 Å². The minimum Gasteiger partial charge on any atom is -0.462 e. The van der Waals surface area contributed by atoms with Crippen molar-refractivity contribution in [3.63, 3.8) is 0 Å². The number of nitrogens with one attached hydrogen (secondary N) is 1. The molecule has 4 nitrogen and oxygen atoms in total. The summed E-state index contributed by atoms with van der Waals surface area (Å²) in [5.74, 6) is -0.818. The first-order valence-electron chi connectivity index (χ1n) is 9.17.